The Labute approximate surface area is 84.5 Å². The Hall–Kier alpha value is 0.0249. The highest BCUT2D eigenvalue weighted by molar-refractivity contribution is 6.08. The highest BCUT2D eigenvalue weighted by Gasteiger charge is 2.39. The summed E-state index contributed by atoms with van der Waals surface area (Å²) < 4.78 is 1.50. The van der Waals surface area contributed by atoms with Crippen LogP contribution in [0.2, 0.25) is 0 Å². The van der Waals surface area contributed by atoms with Gasteiger partial charge in [0.15, 0.2) is 0 Å². The fraction of sp³-hybridized carbons (Fsp3) is 1.00. The van der Waals surface area contributed by atoms with Gasteiger partial charge >= 0.3 is 0 Å². The van der Waals surface area contributed by atoms with Gasteiger partial charge in [0.2, 0.25) is 0 Å². The van der Waals surface area contributed by atoms with Crippen molar-refractivity contribution in [1.29, 1.82) is 0 Å². The molecule has 0 amide bonds. The molecule has 13 heavy (non-hydrogen) atoms. The van der Waals surface area contributed by atoms with Crippen LogP contribution in [0.3, 0.4) is 0 Å². The Kier molecular flexibility index (Phi) is 3.84. The predicted octanol–water partition coefficient (Wildman–Crippen LogP) is 1.21. The van der Waals surface area contributed by atoms with E-state index >= 15 is 0 Å². The molecular weight excluding hydrogens is 157 g/mol. The van der Waals surface area contributed by atoms with Crippen molar-refractivity contribution in [2.45, 2.75) is 33.6 Å². The molecule has 2 unspecified atom stereocenters. The Morgan fingerprint density at radius 2 is 1.54 bits per heavy atom. The molecule has 1 fully saturated rings. The Morgan fingerprint density at radius 1 is 1.08 bits per heavy atom. The number of hydrogen-bond donors (Lipinski definition) is 0. The lowest BCUT2D eigenvalue weighted by molar-refractivity contribution is -0.907. The van der Waals surface area contributed by atoms with E-state index in [0.717, 1.165) is 11.8 Å². The van der Waals surface area contributed by atoms with Crippen molar-refractivity contribution >= 4 is 7.85 Å². The molecule has 2 heteroatoms. The van der Waals surface area contributed by atoms with Crippen LogP contribution in [0.4, 0.5) is 0 Å². The lowest BCUT2D eigenvalue weighted by Crippen LogP contribution is -2.47. The number of rotatable bonds is 4. The molecule has 1 saturated heterocycles. The van der Waals surface area contributed by atoms with Crippen LogP contribution >= 0.6 is 0 Å². The first-order chi connectivity index (χ1) is 6.21. The van der Waals surface area contributed by atoms with E-state index in [9.17, 15) is 0 Å². The van der Waals surface area contributed by atoms with Crippen molar-refractivity contribution in [3.8, 4) is 0 Å². The molecule has 0 N–H and O–H groups in total. The van der Waals surface area contributed by atoms with Crippen LogP contribution < -0.4 is 0 Å². The minimum atomic E-state index is 0.590. The van der Waals surface area contributed by atoms with Crippen LogP contribution in [0.25, 0.3) is 0 Å². The minimum absolute atomic E-state index is 0.590. The first-order valence-electron chi connectivity index (χ1n) is 5.35. The Balaban J connectivity index is 2.65. The predicted molar refractivity (Wildman–Crippen MR) is 62.9 cm³/mol. The van der Waals surface area contributed by atoms with Crippen molar-refractivity contribution < 1.29 is 4.48 Å². The van der Waals surface area contributed by atoms with Gasteiger partial charge in [-0.2, -0.15) is 0 Å². The zero-order valence-electron chi connectivity index (χ0n) is 8.84. The quantitative estimate of drug-likeness (QED) is 0.454. The van der Waals surface area contributed by atoms with Gasteiger partial charge in [0.1, 0.15) is 0 Å². The summed E-state index contributed by atoms with van der Waals surface area (Å²) in [6.07, 6.45) is 4.42. The summed E-state index contributed by atoms with van der Waals surface area (Å²) in [5, 5.41) is 0. The molecule has 0 spiro atoms. The molecule has 1 rings (SSSR count). The number of hydrogen-bond acceptors (Lipinski definition) is 0. The fourth-order valence-electron chi connectivity index (χ4n) is 2.55. The molecule has 0 aromatic heterocycles. The van der Waals surface area contributed by atoms with Gasteiger partial charge in [-0.15, -0.1) is 0 Å². The summed E-state index contributed by atoms with van der Waals surface area (Å²) in [5.41, 5.74) is 0. The fourth-order valence-corrected chi connectivity index (χ4v) is 2.55. The van der Waals surface area contributed by atoms with E-state index in [-0.39, 0.29) is 0 Å². The zero-order chi connectivity index (χ0) is 9.90. The van der Waals surface area contributed by atoms with Gasteiger partial charge in [-0.3, -0.25) is 0 Å². The number of quaternary nitrogens is 1. The highest BCUT2D eigenvalue weighted by atomic mass is 15.4. The SMILES string of the molecule is [BH3-]C[N+]1(CC)CC(CC)C(CC)C1. The van der Waals surface area contributed by atoms with Crippen molar-refractivity contribution in [3.63, 3.8) is 0 Å². The summed E-state index contributed by atoms with van der Waals surface area (Å²) in [6, 6.07) is 0. The van der Waals surface area contributed by atoms with Gasteiger partial charge in [-0.1, -0.05) is 20.3 Å². The lowest BCUT2D eigenvalue weighted by atomic mass is 9.92. The summed E-state index contributed by atoms with van der Waals surface area (Å²) in [7, 11) is 0.590. The first-order valence-corrected chi connectivity index (χ1v) is 5.35. The van der Waals surface area contributed by atoms with E-state index in [1.807, 2.05) is 0 Å². The van der Waals surface area contributed by atoms with Crippen molar-refractivity contribution in [1.82, 2.24) is 0 Å². The highest BCUT2D eigenvalue weighted by Crippen LogP contribution is 2.33. The summed E-state index contributed by atoms with van der Waals surface area (Å²) >= 11 is 0. The third kappa shape index (κ3) is 2.09. The molecular formula is C11H26BN. The molecule has 0 aromatic rings. The van der Waals surface area contributed by atoms with E-state index in [4.69, 9.17) is 0 Å². The molecule has 1 aliphatic rings. The van der Waals surface area contributed by atoms with E-state index < -0.39 is 0 Å². The number of nitrogens with zero attached hydrogens (tertiary/aromatic N) is 1. The number of likely N-dealkylation sites (tertiary alicyclic amines) is 1. The molecule has 0 aromatic carbocycles. The lowest BCUT2D eigenvalue weighted by Gasteiger charge is -2.35. The molecule has 1 heterocycles. The van der Waals surface area contributed by atoms with Crippen LogP contribution in [0.5, 0.6) is 0 Å². The average Bonchev–Trinajstić information content (AvgIpc) is 2.57. The van der Waals surface area contributed by atoms with E-state index in [1.54, 1.807) is 6.44 Å². The van der Waals surface area contributed by atoms with Gasteiger partial charge < -0.3 is 4.48 Å². The average molecular weight is 183 g/mol. The monoisotopic (exact) mass is 183 g/mol. The second kappa shape index (κ2) is 4.50. The van der Waals surface area contributed by atoms with Crippen LogP contribution in [0.15, 0.2) is 0 Å². The van der Waals surface area contributed by atoms with Gasteiger partial charge in [-0.05, 0) is 19.8 Å². The second-order valence-electron chi connectivity index (χ2n) is 4.36. The van der Waals surface area contributed by atoms with Crippen LogP contribution in [-0.2, 0) is 0 Å². The molecule has 0 saturated carbocycles. The van der Waals surface area contributed by atoms with E-state index in [1.165, 1.54) is 37.0 Å². The third-order valence-corrected chi connectivity index (χ3v) is 3.63. The van der Waals surface area contributed by atoms with E-state index in [0.29, 0.717) is 7.85 Å². The normalized spacial score (nSPS) is 39.7. The Morgan fingerprint density at radius 3 is 1.77 bits per heavy atom. The maximum Gasteiger partial charge on any atom is 0.0794 e. The van der Waals surface area contributed by atoms with Crippen molar-refractivity contribution in [2.75, 3.05) is 26.1 Å². The first kappa shape index (κ1) is 11.1. The molecule has 0 aliphatic carbocycles. The van der Waals surface area contributed by atoms with Crippen molar-refractivity contribution in [3.05, 3.63) is 0 Å². The molecule has 1 aliphatic heterocycles. The molecule has 78 valence electrons. The van der Waals surface area contributed by atoms with Crippen LogP contribution in [0, 0.1) is 11.8 Å². The van der Waals surface area contributed by atoms with Crippen LogP contribution in [-0.4, -0.2) is 38.4 Å². The largest absolute Gasteiger partial charge is 0.355 e. The smallest absolute Gasteiger partial charge is 0.0794 e. The maximum absolute atomic E-state index is 2.40. The maximum atomic E-state index is 2.40. The molecule has 0 radical (unpaired) electrons. The molecule has 2 atom stereocenters. The van der Waals surface area contributed by atoms with Gasteiger partial charge in [0.05, 0.1) is 19.6 Å². The molecule has 0 bridgehead atoms. The Bertz CT molecular complexity index is 140. The minimum Gasteiger partial charge on any atom is -0.355 e. The standard InChI is InChI=1S/C11H26BN/c1-4-10-7-13(6-3,9-12)8-11(10)5-2/h10-11H,4-9H2,1-3,12H3. The summed E-state index contributed by atoms with van der Waals surface area (Å²) in [5.74, 6) is 2.09. The van der Waals surface area contributed by atoms with Gasteiger partial charge in [0, 0.05) is 19.7 Å². The third-order valence-electron chi connectivity index (χ3n) is 3.63. The van der Waals surface area contributed by atoms with Crippen molar-refractivity contribution in [2.24, 2.45) is 11.8 Å². The van der Waals surface area contributed by atoms with Gasteiger partial charge in [-0.25, -0.2) is 0 Å². The summed E-state index contributed by atoms with van der Waals surface area (Å²) in [4.78, 5) is 0. The van der Waals surface area contributed by atoms with E-state index in [2.05, 4.69) is 20.8 Å². The summed E-state index contributed by atoms with van der Waals surface area (Å²) in [6.45, 7) is 11.6. The topological polar surface area (TPSA) is 0 Å². The molecule has 1 nitrogen and oxygen atoms in total. The van der Waals surface area contributed by atoms with Gasteiger partial charge in [0.25, 0.3) is 0 Å². The van der Waals surface area contributed by atoms with Crippen LogP contribution in [0.1, 0.15) is 33.6 Å². The zero-order valence-corrected chi connectivity index (χ0v) is 8.84. The second-order valence-corrected chi connectivity index (χ2v) is 4.36.